The number of carbonyl (C=O) groups is 1. The van der Waals surface area contributed by atoms with Crippen molar-refractivity contribution in [2.75, 3.05) is 39.3 Å². The quantitative estimate of drug-likeness (QED) is 0.380. The largest absolute Gasteiger partial charge is 0.357 e. The lowest BCUT2D eigenvalue weighted by molar-refractivity contribution is -0.127. The van der Waals surface area contributed by atoms with Gasteiger partial charge in [-0.2, -0.15) is 0 Å². The zero-order chi connectivity index (χ0) is 20.5. The molecule has 0 saturated carbocycles. The summed E-state index contributed by atoms with van der Waals surface area (Å²) in [5.41, 5.74) is 2.95. The van der Waals surface area contributed by atoms with Crippen molar-refractivity contribution in [2.45, 2.75) is 58.5 Å². The van der Waals surface area contributed by atoms with Crippen molar-refractivity contribution in [3.8, 4) is 0 Å². The molecule has 29 heavy (non-hydrogen) atoms. The number of fused-ring (bicyclic) bond motifs is 1. The Morgan fingerprint density at radius 1 is 1.14 bits per heavy atom. The van der Waals surface area contributed by atoms with Gasteiger partial charge in [0.1, 0.15) is 0 Å². The number of hydrogen-bond acceptors (Lipinski definition) is 3. The average molecular weight is 400 g/mol. The molecule has 1 fully saturated rings. The maximum Gasteiger partial charge on any atom is 0.222 e. The minimum atomic E-state index is 0.305. The highest BCUT2D eigenvalue weighted by Crippen LogP contribution is 2.21. The number of rotatable bonds is 9. The number of guanidine groups is 1. The number of hydrogen-bond donors (Lipinski definition) is 2. The number of aliphatic imine (C=N–C) groups is 1. The molecule has 6 heteroatoms. The van der Waals surface area contributed by atoms with E-state index in [0.29, 0.717) is 11.9 Å². The molecule has 160 valence electrons. The van der Waals surface area contributed by atoms with E-state index in [4.69, 9.17) is 4.99 Å². The second-order valence-electron chi connectivity index (χ2n) is 8.04. The summed E-state index contributed by atoms with van der Waals surface area (Å²) in [7, 11) is 0. The van der Waals surface area contributed by atoms with Crippen molar-refractivity contribution in [1.29, 1.82) is 0 Å². The van der Waals surface area contributed by atoms with Crippen molar-refractivity contribution in [3.05, 3.63) is 35.4 Å². The van der Waals surface area contributed by atoms with E-state index < -0.39 is 0 Å². The van der Waals surface area contributed by atoms with Gasteiger partial charge in [0.05, 0.1) is 6.54 Å². The molecule has 1 aromatic rings. The lowest BCUT2D eigenvalue weighted by atomic mass is 9.98. The van der Waals surface area contributed by atoms with Crippen molar-refractivity contribution < 1.29 is 4.79 Å². The first-order chi connectivity index (χ1) is 14.2. The van der Waals surface area contributed by atoms with Crippen LogP contribution >= 0.6 is 0 Å². The Hall–Kier alpha value is -2.08. The molecule has 6 nitrogen and oxygen atoms in total. The highest BCUT2D eigenvalue weighted by atomic mass is 16.2. The zero-order valence-electron chi connectivity index (χ0n) is 18.1. The molecule has 1 amide bonds. The third-order valence-electron chi connectivity index (χ3n) is 6.02. The highest BCUT2D eigenvalue weighted by Gasteiger charge is 2.22. The van der Waals surface area contributed by atoms with Gasteiger partial charge in [0.25, 0.3) is 0 Å². The van der Waals surface area contributed by atoms with E-state index in [9.17, 15) is 4.79 Å². The van der Waals surface area contributed by atoms with Crippen LogP contribution in [0, 0.1) is 0 Å². The molecular formula is C23H37N5O. The summed E-state index contributed by atoms with van der Waals surface area (Å²) in [4.78, 5) is 21.1. The number of benzene rings is 1. The molecule has 1 saturated heterocycles. The Bertz CT molecular complexity index is 690. The van der Waals surface area contributed by atoms with E-state index in [1.54, 1.807) is 0 Å². The Morgan fingerprint density at radius 2 is 1.97 bits per heavy atom. The molecule has 1 unspecified atom stereocenters. The molecule has 2 heterocycles. The zero-order valence-corrected chi connectivity index (χ0v) is 18.1. The molecule has 0 aromatic heterocycles. The van der Waals surface area contributed by atoms with Crippen LogP contribution in [0.2, 0.25) is 0 Å². The van der Waals surface area contributed by atoms with Gasteiger partial charge in [-0.15, -0.1) is 0 Å². The van der Waals surface area contributed by atoms with Gasteiger partial charge in [0.2, 0.25) is 5.91 Å². The van der Waals surface area contributed by atoms with Crippen molar-refractivity contribution in [3.63, 3.8) is 0 Å². The van der Waals surface area contributed by atoms with Gasteiger partial charge in [-0.25, -0.2) is 0 Å². The maximum absolute atomic E-state index is 11.7. The summed E-state index contributed by atoms with van der Waals surface area (Å²) in [5, 5.41) is 6.80. The van der Waals surface area contributed by atoms with Crippen molar-refractivity contribution in [2.24, 2.45) is 4.99 Å². The van der Waals surface area contributed by atoms with Gasteiger partial charge < -0.3 is 15.5 Å². The van der Waals surface area contributed by atoms with Crippen molar-refractivity contribution >= 4 is 11.9 Å². The predicted octanol–water partition coefficient (Wildman–Crippen LogP) is 2.39. The first-order valence-electron chi connectivity index (χ1n) is 11.3. The molecule has 1 atom stereocenters. The molecule has 2 aliphatic rings. The first kappa shape index (κ1) is 21.6. The van der Waals surface area contributed by atoms with Crippen molar-refractivity contribution in [1.82, 2.24) is 20.4 Å². The monoisotopic (exact) mass is 399 g/mol. The maximum atomic E-state index is 11.7. The van der Waals surface area contributed by atoms with Gasteiger partial charge in [0.15, 0.2) is 5.96 Å². The summed E-state index contributed by atoms with van der Waals surface area (Å²) < 4.78 is 0. The van der Waals surface area contributed by atoms with Crippen LogP contribution in [0.4, 0.5) is 0 Å². The Kier molecular flexibility index (Phi) is 8.35. The molecular weight excluding hydrogens is 362 g/mol. The average Bonchev–Trinajstić information content (AvgIpc) is 3.16. The van der Waals surface area contributed by atoms with E-state index in [1.807, 2.05) is 4.90 Å². The van der Waals surface area contributed by atoms with Crippen LogP contribution < -0.4 is 10.6 Å². The molecule has 2 aliphatic heterocycles. The fourth-order valence-corrected chi connectivity index (χ4v) is 4.29. The summed E-state index contributed by atoms with van der Waals surface area (Å²) in [6.45, 7) is 10.7. The summed E-state index contributed by atoms with van der Waals surface area (Å²) in [6, 6.07) is 9.26. The molecule has 2 N–H and O–H groups in total. The Balaban J connectivity index is 1.48. The molecule has 1 aromatic carbocycles. The van der Waals surface area contributed by atoms with Gasteiger partial charge in [-0.3, -0.25) is 14.7 Å². The lowest BCUT2D eigenvalue weighted by Gasteiger charge is -2.34. The number of nitrogens with one attached hydrogen (secondary N) is 2. The first-order valence-corrected chi connectivity index (χ1v) is 11.3. The molecule has 0 radical (unpaired) electrons. The normalized spacial score (nSPS) is 18.6. The summed E-state index contributed by atoms with van der Waals surface area (Å²) >= 11 is 0. The minimum absolute atomic E-state index is 0.305. The summed E-state index contributed by atoms with van der Waals surface area (Å²) in [5.74, 6) is 1.19. The fourth-order valence-electron chi connectivity index (χ4n) is 4.29. The molecule has 0 bridgehead atoms. The van der Waals surface area contributed by atoms with Crippen LogP contribution in [-0.2, 0) is 17.8 Å². The van der Waals surface area contributed by atoms with Gasteiger partial charge in [-0.1, -0.05) is 31.2 Å². The Morgan fingerprint density at radius 3 is 2.69 bits per heavy atom. The van der Waals surface area contributed by atoms with Crippen LogP contribution in [0.25, 0.3) is 0 Å². The third kappa shape index (κ3) is 6.20. The van der Waals surface area contributed by atoms with Crippen LogP contribution in [0.5, 0.6) is 0 Å². The number of likely N-dealkylation sites (tertiary alicyclic amines) is 1. The number of nitrogens with zero attached hydrogens (tertiary/aromatic N) is 3. The van der Waals surface area contributed by atoms with Gasteiger partial charge in [-0.05, 0) is 43.7 Å². The molecule has 3 rings (SSSR count). The van der Waals surface area contributed by atoms with Crippen LogP contribution in [0.3, 0.4) is 0 Å². The smallest absolute Gasteiger partial charge is 0.222 e. The third-order valence-corrected chi connectivity index (χ3v) is 6.02. The van der Waals surface area contributed by atoms with Crippen LogP contribution in [-0.4, -0.2) is 67.0 Å². The van der Waals surface area contributed by atoms with Gasteiger partial charge >= 0.3 is 0 Å². The number of carbonyl (C=O) groups excluding carboxylic acids is 1. The SMILES string of the molecule is CCNC(=NCC(CC)N1CCc2ccccc2C1)NCCCN1CCCC1=O. The lowest BCUT2D eigenvalue weighted by Crippen LogP contribution is -2.43. The summed E-state index contributed by atoms with van der Waals surface area (Å²) in [6.07, 6.45) is 4.91. The fraction of sp³-hybridized carbons (Fsp3) is 0.652. The molecule has 0 aliphatic carbocycles. The predicted molar refractivity (Wildman–Crippen MR) is 119 cm³/mol. The van der Waals surface area contributed by atoms with E-state index in [-0.39, 0.29) is 0 Å². The Labute approximate surface area is 175 Å². The van der Waals surface area contributed by atoms with Crippen LogP contribution in [0.1, 0.15) is 50.7 Å². The van der Waals surface area contributed by atoms with Gasteiger partial charge in [0, 0.05) is 51.7 Å². The highest BCUT2D eigenvalue weighted by molar-refractivity contribution is 5.79. The van der Waals surface area contributed by atoms with Crippen LogP contribution in [0.15, 0.2) is 29.3 Å². The van der Waals surface area contributed by atoms with E-state index in [0.717, 1.165) is 83.9 Å². The minimum Gasteiger partial charge on any atom is -0.357 e. The van der Waals surface area contributed by atoms with E-state index >= 15 is 0 Å². The van der Waals surface area contributed by atoms with E-state index in [1.165, 1.54) is 11.1 Å². The molecule has 0 spiro atoms. The second kappa shape index (κ2) is 11.2. The standard InChI is InChI=1S/C23H37N5O/c1-3-21(28-16-12-19-9-5-6-10-20(19)18-28)17-26-23(24-4-2)25-13-8-15-27-14-7-11-22(27)29/h5-6,9-10,21H,3-4,7-8,11-18H2,1-2H3,(H2,24,25,26). The van der Waals surface area contributed by atoms with E-state index in [2.05, 4.69) is 53.6 Å². The second-order valence-corrected chi connectivity index (χ2v) is 8.04. The topological polar surface area (TPSA) is 60.0 Å². The number of amides is 1.